The van der Waals surface area contributed by atoms with Crippen molar-refractivity contribution in [3.63, 3.8) is 0 Å². The van der Waals surface area contributed by atoms with Crippen molar-refractivity contribution in [3.8, 4) is 0 Å². The van der Waals surface area contributed by atoms with E-state index in [0.717, 1.165) is 22.5 Å². The molecular formula is C15H14BrClN2O2. The minimum Gasteiger partial charge on any atom is -0.312 e. The van der Waals surface area contributed by atoms with Crippen molar-refractivity contribution in [3.05, 3.63) is 73.2 Å². The standard InChI is InChI=1S/C15H14BrClN2O2/c16-13-3-6-15(19(20)21)12(9-13)10-18-8-7-11-1-4-14(17)5-2-11/h1-6,9,18H,7-8,10H2. The first-order valence-electron chi connectivity index (χ1n) is 6.44. The third kappa shape index (κ3) is 4.81. The summed E-state index contributed by atoms with van der Waals surface area (Å²) in [6.45, 7) is 1.20. The molecule has 0 atom stereocenters. The minimum atomic E-state index is -0.358. The molecule has 0 bridgehead atoms. The quantitative estimate of drug-likeness (QED) is 0.468. The van der Waals surface area contributed by atoms with Gasteiger partial charge >= 0.3 is 0 Å². The van der Waals surface area contributed by atoms with E-state index in [-0.39, 0.29) is 10.6 Å². The SMILES string of the molecule is O=[N+]([O-])c1ccc(Br)cc1CNCCc1ccc(Cl)cc1. The van der Waals surface area contributed by atoms with Gasteiger partial charge in [-0.25, -0.2) is 0 Å². The van der Waals surface area contributed by atoms with Gasteiger partial charge in [0.05, 0.1) is 4.92 Å². The predicted molar refractivity (Wildman–Crippen MR) is 87.7 cm³/mol. The summed E-state index contributed by atoms with van der Waals surface area (Å²) in [7, 11) is 0. The van der Waals surface area contributed by atoms with Crippen LogP contribution < -0.4 is 5.32 Å². The summed E-state index contributed by atoms with van der Waals surface area (Å²) in [6, 6.07) is 12.6. The van der Waals surface area contributed by atoms with E-state index in [1.807, 2.05) is 24.3 Å². The Balaban J connectivity index is 1.90. The Morgan fingerprint density at radius 2 is 1.90 bits per heavy atom. The van der Waals surface area contributed by atoms with E-state index < -0.39 is 0 Å². The summed E-state index contributed by atoms with van der Waals surface area (Å²) in [4.78, 5) is 10.6. The third-order valence-corrected chi connectivity index (χ3v) is 3.80. The molecule has 0 aliphatic carbocycles. The molecule has 6 heteroatoms. The molecule has 4 nitrogen and oxygen atoms in total. The van der Waals surface area contributed by atoms with Gasteiger partial charge in [0.15, 0.2) is 0 Å². The van der Waals surface area contributed by atoms with Gasteiger partial charge in [-0.15, -0.1) is 0 Å². The second-order valence-corrected chi connectivity index (χ2v) is 5.94. The normalized spacial score (nSPS) is 10.6. The minimum absolute atomic E-state index is 0.136. The maximum absolute atomic E-state index is 11.0. The average Bonchev–Trinajstić information content (AvgIpc) is 2.45. The van der Waals surface area contributed by atoms with Crippen molar-refractivity contribution in [2.75, 3.05) is 6.54 Å². The Bertz CT molecular complexity index is 632. The summed E-state index contributed by atoms with van der Waals surface area (Å²) in [5, 5.41) is 14.9. The fraction of sp³-hybridized carbons (Fsp3) is 0.200. The van der Waals surface area contributed by atoms with E-state index in [1.165, 1.54) is 11.6 Å². The highest BCUT2D eigenvalue weighted by atomic mass is 79.9. The van der Waals surface area contributed by atoms with Gasteiger partial charge in [-0.3, -0.25) is 10.1 Å². The number of halogens is 2. The number of hydrogen-bond donors (Lipinski definition) is 1. The molecule has 21 heavy (non-hydrogen) atoms. The van der Waals surface area contributed by atoms with Crippen LogP contribution in [0.4, 0.5) is 5.69 Å². The molecule has 2 rings (SSSR count). The van der Waals surface area contributed by atoms with Crippen molar-refractivity contribution in [1.29, 1.82) is 0 Å². The molecule has 0 radical (unpaired) electrons. The highest BCUT2D eigenvalue weighted by molar-refractivity contribution is 9.10. The molecule has 0 aliphatic rings. The first-order chi connectivity index (χ1) is 10.1. The zero-order valence-electron chi connectivity index (χ0n) is 11.2. The van der Waals surface area contributed by atoms with Gasteiger partial charge in [-0.2, -0.15) is 0 Å². The zero-order valence-corrected chi connectivity index (χ0v) is 13.5. The predicted octanol–water partition coefficient (Wildman–Crippen LogP) is 4.34. The zero-order chi connectivity index (χ0) is 15.2. The molecule has 1 N–H and O–H groups in total. The highest BCUT2D eigenvalue weighted by Gasteiger charge is 2.12. The molecule has 0 saturated heterocycles. The molecule has 2 aromatic rings. The van der Waals surface area contributed by atoms with Crippen LogP contribution in [0.1, 0.15) is 11.1 Å². The van der Waals surface area contributed by atoms with Crippen LogP contribution in [-0.2, 0) is 13.0 Å². The number of nitro groups is 1. The van der Waals surface area contributed by atoms with Crippen molar-refractivity contribution >= 4 is 33.2 Å². The number of nitrogens with one attached hydrogen (secondary N) is 1. The summed E-state index contributed by atoms with van der Waals surface area (Å²) in [6.07, 6.45) is 0.846. The monoisotopic (exact) mass is 368 g/mol. The van der Waals surface area contributed by atoms with Gasteiger partial charge in [0, 0.05) is 27.7 Å². The topological polar surface area (TPSA) is 55.2 Å². The summed E-state index contributed by atoms with van der Waals surface area (Å²) < 4.78 is 0.836. The van der Waals surface area contributed by atoms with Gasteiger partial charge in [0.25, 0.3) is 5.69 Å². The lowest BCUT2D eigenvalue weighted by Gasteiger charge is -2.07. The lowest BCUT2D eigenvalue weighted by molar-refractivity contribution is -0.385. The maximum Gasteiger partial charge on any atom is 0.273 e. The molecule has 0 amide bonds. The largest absolute Gasteiger partial charge is 0.312 e. The Hall–Kier alpha value is -1.43. The van der Waals surface area contributed by atoms with Crippen LogP contribution in [-0.4, -0.2) is 11.5 Å². The van der Waals surface area contributed by atoms with E-state index in [9.17, 15) is 10.1 Å². The fourth-order valence-corrected chi connectivity index (χ4v) is 2.52. The second-order valence-electron chi connectivity index (χ2n) is 4.58. The van der Waals surface area contributed by atoms with Crippen molar-refractivity contribution in [1.82, 2.24) is 5.32 Å². The van der Waals surface area contributed by atoms with Crippen LogP contribution in [0.2, 0.25) is 5.02 Å². The van der Waals surface area contributed by atoms with Crippen LogP contribution in [0.5, 0.6) is 0 Å². The molecule has 0 fully saturated rings. The molecule has 2 aromatic carbocycles. The van der Waals surface area contributed by atoms with E-state index >= 15 is 0 Å². The molecule has 0 unspecified atom stereocenters. The average molecular weight is 370 g/mol. The smallest absolute Gasteiger partial charge is 0.273 e. The lowest BCUT2D eigenvalue weighted by Crippen LogP contribution is -2.17. The van der Waals surface area contributed by atoms with E-state index in [0.29, 0.717) is 12.1 Å². The summed E-state index contributed by atoms with van der Waals surface area (Å²) in [5.74, 6) is 0. The first-order valence-corrected chi connectivity index (χ1v) is 7.61. The van der Waals surface area contributed by atoms with E-state index in [4.69, 9.17) is 11.6 Å². The number of hydrogen-bond acceptors (Lipinski definition) is 3. The van der Waals surface area contributed by atoms with Crippen LogP contribution in [0, 0.1) is 10.1 Å². The Labute approximate surface area is 136 Å². The number of nitrogens with zero attached hydrogens (tertiary/aromatic N) is 1. The van der Waals surface area contributed by atoms with Gasteiger partial charge in [0.1, 0.15) is 0 Å². The van der Waals surface area contributed by atoms with Crippen molar-refractivity contribution in [2.24, 2.45) is 0 Å². The highest BCUT2D eigenvalue weighted by Crippen LogP contribution is 2.22. The molecular weight excluding hydrogens is 356 g/mol. The van der Waals surface area contributed by atoms with Crippen LogP contribution in [0.15, 0.2) is 46.9 Å². The Morgan fingerprint density at radius 1 is 1.19 bits per heavy atom. The Morgan fingerprint density at radius 3 is 2.57 bits per heavy atom. The molecule has 0 heterocycles. The van der Waals surface area contributed by atoms with Crippen LogP contribution >= 0.6 is 27.5 Å². The first kappa shape index (κ1) is 15.9. The van der Waals surface area contributed by atoms with Gasteiger partial charge < -0.3 is 5.32 Å². The molecule has 0 saturated carbocycles. The van der Waals surface area contributed by atoms with E-state index in [2.05, 4.69) is 21.2 Å². The van der Waals surface area contributed by atoms with Gasteiger partial charge in [-0.05, 0) is 42.8 Å². The molecule has 0 spiro atoms. The number of rotatable bonds is 6. The second kappa shape index (κ2) is 7.54. The molecule has 110 valence electrons. The molecule has 0 aliphatic heterocycles. The lowest BCUT2D eigenvalue weighted by atomic mass is 10.1. The van der Waals surface area contributed by atoms with Crippen LogP contribution in [0.3, 0.4) is 0 Å². The van der Waals surface area contributed by atoms with E-state index in [1.54, 1.807) is 12.1 Å². The van der Waals surface area contributed by atoms with Crippen molar-refractivity contribution in [2.45, 2.75) is 13.0 Å². The summed E-state index contributed by atoms with van der Waals surface area (Å²) >= 11 is 9.17. The number of nitro benzene ring substituents is 1. The molecule has 0 aromatic heterocycles. The Kier molecular flexibility index (Phi) is 5.73. The van der Waals surface area contributed by atoms with Crippen LogP contribution in [0.25, 0.3) is 0 Å². The summed E-state index contributed by atoms with van der Waals surface area (Å²) in [5.41, 5.74) is 1.98. The third-order valence-electron chi connectivity index (χ3n) is 3.06. The maximum atomic E-state index is 11.0. The van der Waals surface area contributed by atoms with Crippen molar-refractivity contribution < 1.29 is 4.92 Å². The fourth-order valence-electron chi connectivity index (χ4n) is 1.98. The van der Waals surface area contributed by atoms with Gasteiger partial charge in [-0.1, -0.05) is 39.7 Å². The number of benzene rings is 2. The van der Waals surface area contributed by atoms with Gasteiger partial charge in [0.2, 0.25) is 0 Å².